The van der Waals surface area contributed by atoms with E-state index in [-0.39, 0.29) is 11.8 Å². The summed E-state index contributed by atoms with van der Waals surface area (Å²) in [5.74, 6) is -0.706. The Morgan fingerprint density at radius 3 is 2.94 bits per heavy atom. The Labute approximate surface area is 102 Å². The molecule has 3 atom stereocenters. The van der Waals surface area contributed by atoms with Crippen LogP contribution in [0, 0.1) is 11.8 Å². The molecule has 0 spiro atoms. The number of carboxylic acid groups (broad SMARTS) is 1. The molecule has 1 saturated carbocycles. The minimum atomic E-state index is -0.691. The molecule has 0 aliphatic heterocycles. The predicted octanol–water partition coefficient (Wildman–Crippen LogP) is 0.474. The van der Waals surface area contributed by atoms with Crippen LogP contribution in [-0.2, 0) is 9.53 Å². The van der Waals surface area contributed by atoms with E-state index in [1.54, 1.807) is 0 Å². The lowest BCUT2D eigenvalue weighted by Crippen LogP contribution is -2.35. The SMILES string of the molecule is CCOCC(O)CNCC1CCCC1C(=O)O. The van der Waals surface area contributed by atoms with Crippen molar-refractivity contribution in [2.45, 2.75) is 32.3 Å². The van der Waals surface area contributed by atoms with Crippen molar-refractivity contribution in [2.75, 3.05) is 26.3 Å². The average Bonchev–Trinajstić information content (AvgIpc) is 2.74. The quantitative estimate of drug-likeness (QED) is 0.579. The van der Waals surface area contributed by atoms with Gasteiger partial charge in [-0.05, 0) is 32.2 Å². The molecule has 100 valence electrons. The molecule has 3 unspecified atom stereocenters. The highest BCUT2D eigenvalue weighted by Gasteiger charge is 2.32. The van der Waals surface area contributed by atoms with Gasteiger partial charge < -0.3 is 20.3 Å². The van der Waals surface area contributed by atoms with E-state index in [0.717, 1.165) is 19.3 Å². The summed E-state index contributed by atoms with van der Waals surface area (Å²) >= 11 is 0. The van der Waals surface area contributed by atoms with E-state index in [0.29, 0.717) is 26.3 Å². The van der Waals surface area contributed by atoms with Crippen molar-refractivity contribution in [2.24, 2.45) is 11.8 Å². The summed E-state index contributed by atoms with van der Waals surface area (Å²) in [4.78, 5) is 11.0. The van der Waals surface area contributed by atoms with Crippen LogP contribution in [0.25, 0.3) is 0 Å². The van der Waals surface area contributed by atoms with E-state index in [9.17, 15) is 9.90 Å². The Morgan fingerprint density at radius 1 is 1.53 bits per heavy atom. The first-order valence-electron chi connectivity index (χ1n) is 6.34. The van der Waals surface area contributed by atoms with Crippen molar-refractivity contribution in [1.29, 1.82) is 0 Å². The Bertz CT molecular complexity index is 235. The van der Waals surface area contributed by atoms with Gasteiger partial charge in [0.05, 0.1) is 18.6 Å². The zero-order valence-corrected chi connectivity index (χ0v) is 10.4. The average molecular weight is 245 g/mol. The van der Waals surface area contributed by atoms with Crippen LogP contribution in [0.5, 0.6) is 0 Å². The predicted molar refractivity (Wildman–Crippen MR) is 63.8 cm³/mol. The molecule has 1 fully saturated rings. The summed E-state index contributed by atoms with van der Waals surface area (Å²) in [7, 11) is 0. The fourth-order valence-electron chi connectivity index (χ4n) is 2.35. The smallest absolute Gasteiger partial charge is 0.306 e. The van der Waals surface area contributed by atoms with Crippen molar-refractivity contribution in [3.8, 4) is 0 Å². The molecule has 0 aromatic heterocycles. The molecule has 0 bridgehead atoms. The largest absolute Gasteiger partial charge is 0.481 e. The maximum absolute atomic E-state index is 11.0. The van der Waals surface area contributed by atoms with E-state index in [2.05, 4.69) is 5.32 Å². The number of ether oxygens (including phenoxy) is 1. The number of aliphatic hydroxyl groups is 1. The molecule has 1 aliphatic rings. The highest BCUT2D eigenvalue weighted by atomic mass is 16.5. The van der Waals surface area contributed by atoms with Crippen LogP contribution >= 0.6 is 0 Å². The van der Waals surface area contributed by atoms with Gasteiger partial charge in [-0.1, -0.05) is 6.42 Å². The minimum absolute atomic E-state index is 0.201. The Kier molecular flexibility index (Phi) is 6.47. The lowest BCUT2D eigenvalue weighted by atomic mass is 9.96. The maximum Gasteiger partial charge on any atom is 0.306 e. The molecule has 5 nitrogen and oxygen atoms in total. The molecule has 0 aromatic carbocycles. The molecule has 0 amide bonds. The molecule has 0 heterocycles. The summed E-state index contributed by atoms with van der Waals surface area (Å²) in [6.07, 6.45) is 2.22. The van der Waals surface area contributed by atoms with E-state index in [4.69, 9.17) is 9.84 Å². The third kappa shape index (κ3) is 5.02. The van der Waals surface area contributed by atoms with Gasteiger partial charge in [0.1, 0.15) is 0 Å². The number of hydrogen-bond donors (Lipinski definition) is 3. The van der Waals surface area contributed by atoms with E-state index in [1.165, 1.54) is 0 Å². The van der Waals surface area contributed by atoms with Crippen LogP contribution in [-0.4, -0.2) is 48.6 Å². The van der Waals surface area contributed by atoms with Crippen molar-refractivity contribution in [1.82, 2.24) is 5.32 Å². The zero-order valence-electron chi connectivity index (χ0n) is 10.4. The van der Waals surface area contributed by atoms with Crippen LogP contribution in [0.3, 0.4) is 0 Å². The Morgan fingerprint density at radius 2 is 2.29 bits per heavy atom. The molecule has 1 rings (SSSR count). The van der Waals surface area contributed by atoms with Gasteiger partial charge in [-0.15, -0.1) is 0 Å². The standard InChI is InChI=1S/C12H23NO4/c1-2-17-8-10(14)7-13-6-9-4-3-5-11(9)12(15)16/h9-11,13-14H,2-8H2,1H3,(H,15,16). The van der Waals surface area contributed by atoms with Crippen LogP contribution in [0.4, 0.5) is 0 Å². The fraction of sp³-hybridized carbons (Fsp3) is 0.917. The fourth-order valence-corrected chi connectivity index (χ4v) is 2.35. The molecule has 0 aromatic rings. The summed E-state index contributed by atoms with van der Waals surface area (Å²) in [5, 5.41) is 21.7. The summed E-state index contributed by atoms with van der Waals surface area (Å²) in [5.41, 5.74) is 0. The highest BCUT2D eigenvalue weighted by Crippen LogP contribution is 2.31. The van der Waals surface area contributed by atoms with Gasteiger partial charge in [0.25, 0.3) is 0 Å². The first kappa shape index (κ1) is 14.4. The Balaban J connectivity index is 2.15. The molecule has 0 saturated heterocycles. The van der Waals surface area contributed by atoms with E-state index >= 15 is 0 Å². The highest BCUT2D eigenvalue weighted by molar-refractivity contribution is 5.70. The molecule has 3 N–H and O–H groups in total. The van der Waals surface area contributed by atoms with Gasteiger partial charge in [0.15, 0.2) is 0 Å². The number of hydrogen-bond acceptors (Lipinski definition) is 4. The second kappa shape index (κ2) is 7.63. The summed E-state index contributed by atoms with van der Waals surface area (Å²) < 4.78 is 5.09. The third-order valence-electron chi connectivity index (χ3n) is 3.28. The first-order valence-corrected chi connectivity index (χ1v) is 6.34. The lowest BCUT2D eigenvalue weighted by molar-refractivity contribution is -0.142. The number of nitrogens with one attached hydrogen (secondary N) is 1. The van der Waals surface area contributed by atoms with Gasteiger partial charge in [0.2, 0.25) is 0 Å². The molecule has 0 radical (unpaired) electrons. The first-order chi connectivity index (χ1) is 8.15. The van der Waals surface area contributed by atoms with Crippen molar-refractivity contribution in [3.05, 3.63) is 0 Å². The van der Waals surface area contributed by atoms with Gasteiger partial charge in [0, 0.05) is 13.2 Å². The molecule has 1 aliphatic carbocycles. The number of carboxylic acids is 1. The minimum Gasteiger partial charge on any atom is -0.481 e. The van der Waals surface area contributed by atoms with Gasteiger partial charge in [-0.2, -0.15) is 0 Å². The van der Waals surface area contributed by atoms with Crippen LogP contribution in [0.2, 0.25) is 0 Å². The summed E-state index contributed by atoms with van der Waals surface area (Å²) in [6, 6.07) is 0. The second-order valence-corrected chi connectivity index (χ2v) is 4.61. The lowest BCUT2D eigenvalue weighted by Gasteiger charge is -2.18. The third-order valence-corrected chi connectivity index (χ3v) is 3.28. The van der Waals surface area contributed by atoms with Gasteiger partial charge in [-0.3, -0.25) is 4.79 Å². The number of aliphatic hydroxyl groups excluding tert-OH is 1. The van der Waals surface area contributed by atoms with E-state index < -0.39 is 12.1 Å². The number of carbonyl (C=O) groups is 1. The van der Waals surface area contributed by atoms with Crippen molar-refractivity contribution in [3.63, 3.8) is 0 Å². The zero-order chi connectivity index (χ0) is 12.7. The molecular weight excluding hydrogens is 222 g/mol. The topological polar surface area (TPSA) is 78.8 Å². The normalized spacial score (nSPS) is 26.0. The molecule has 5 heteroatoms. The molecule has 17 heavy (non-hydrogen) atoms. The van der Waals surface area contributed by atoms with Crippen LogP contribution < -0.4 is 5.32 Å². The van der Waals surface area contributed by atoms with Gasteiger partial charge in [-0.25, -0.2) is 0 Å². The van der Waals surface area contributed by atoms with Gasteiger partial charge >= 0.3 is 5.97 Å². The van der Waals surface area contributed by atoms with Crippen molar-refractivity contribution < 1.29 is 19.7 Å². The summed E-state index contributed by atoms with van der Waals surface area (Å²) in [6.45, 7) is 3.94. The van der Waals surface area contributed by atoms with Crippen LogP contribution in [0.15, 0.2) is 0 Å². The van der Waals surface area contributed by atoms with Crippen LogP contribution in [0.1, 0.15) is 26.2 Å². The Hall–Kier alpha value is -0.650. The monoisotopic (exact) mass is 245 g/mol. The number of aliphatic carboxylic acids is 1. The second-order valence-electron chi connectivity index (χ2n) is 4.61. The van der Waals surface area contributed by atoms with E-state index in [1.807, 2.05) is 6.92 Å². The maximum atomic E-state index is 11.0. The van der Waals surface area contributed by atoms with Crippen molar-refractivity contribution >= 4 is 5.97 Å². The molecular formula is C12H23NO4. The number of rotatable bonds is 8.